The van der Waals surface area contributed by atoms with Gasteiger partial charge in [0.15, 0.2) is 0 Å². The molecule has 0 aliphatic rings. The number of benzene rings is 2. The summed E-state index contributed by atoms with van der Waals surface area (Å²) in [5.74, 6) is 0.907. The van der Waals surface area contributed by atoms with E-state index in [0.717, 1.165) is 25.1 Å². The van der Waals surface area contributed by atoms with Crippen LogP contribution in [-0.4, -0.2) is 13.2 Å². The smallest absolute Gasteiger partial charge is 0.118 e. The van der Waals surface area contributed by atoms with E-state index in [1.165, 1.54) is 11.1 Å². The zero-order valence-corrected chi connectivity index (χ0v) is 12.3. The van der Waals surface area contributed by atoms with E-state index in [-0.39, 0.29) is 0 Å². The lowest BCUT2D eigenvalue weighted by Gasteiger charge is -2.17. The molecule has 0 aromatic heterocycles. The molecule has 1 N–H and O–H groups in total. The maximum absolute atomic E-state index is 5.17. The Morgan fingerprint density at radius 3 is 2.25 bits per heavy atom. The molecule has 106 valence electrons. The molecule has 2 aromatic rings. The maximum atomic E-state index is 5.17. The lowest BCUT2D eigenvalue weighted by atomic mass is 10.0. The van der Waals surface area contributed by atoms with Crippen molar-refractivity contribution >= 4 is 0 Å². The molecular formula is C18H23NO. The molecule has 0 aliphatic heterocycles. The van der Waals surface area contributed by atoms with Crippen molar-refractivity contribution in [1.29, 1.82) is 0 Å². The van der Waals surface area contributed by atoms with Crippen molar-refractivity contribution in [3.8, 4) is 5.75 Å². The minimum atomic E-state index is 0.513. The summed E-state index contributed by atoms with van der Waals surface area (Å²) >= 11 is 0. The molecule has 0 heterocycles. The topological polar surface area (TPSA) is 21.3 Å². The van der Waals surface area contributed by atoms with Crippen LogP contribution in [0.1, 0.15) is 24.5 Å². The average Bonchev–Trinajstić information content (AvgIpc) is 2.53. The molecule has 2 heteroatoms. The highest BCUT2D eigenvalue weighted by Crippen LogP contribution is 2.12. The Morgan fingerprint density at radius 2 is 1.65 bits per heavy atom. The van der Waals surface area contributed by atoms with Gasteiger partial charge in [-0.05, 0) is 36.1 Å². The summed E-state index contributed by atoms with van der Waals surface area (Å²) in [4.78, 5) is 0. The Morgan fingerprint density at radius 1 is 0.950 bits per heavy atom. The number of nitrogens with one attached hydrogen (secondary N) is 1. The summed E-state index contributed by atoms with van der Waals surface area (Å²) in [5.41, 5.74) is 2.68. The van der Waals surface area contributed by atoms with Crippen LogP contribution in [0.5, 0.6) is 5.75 Å². The van der Waals surface area contributed by atoms with Crippen molar-refractivity contribution in [3.63, 3.8) is 0 Å². The molecule has 20 heavy (non-hydrogen) atoms. The van der Waals surface area contributed by atoms with Gasteiger partial charge in [-0.15, -0.1) is 0 Å². The van der Waals surface area contributed by atoms with E-state index in [2.05, 4.69) is 54.7 Å². The fourth-order valence-corrected chi connectivity index (χ4v) is 2.27. The minimum absolute atomic E-state index is 0.513. The second-order valence-corrected chi connectivity index (χ2v) is 5.02. The number of hydrogen-bond donors (Lipinski definition) is 1. The summed E-state index contributed by atoms with van der Waals surface area (Å²) in [6.07, 6.45) is 2.21. The molecule has 0 spiro atoms. The number of hydrogen-bond acceptors (Lipinski definition) is 2. The molecule has 0 saturated heterocycles. The summed E-state index contributed by atoms with van der Waals surface area (Å²) < 4.78 is 5.17. The number of rotatable bonds is 7. The highest BCUT2D eigenvalue weighted by atomic mass is 16.5. The Balaban J connectivity index is 1.86. The van der Waals surface area contributed by atoms with Crippen LogP contribution in [0.4, 0.5) is 0 Å². The van der Waals surface area contributed by atoms with Gasteiger partial charge in [-0.3, -0.25) is 0 Å². The van der Waals surface area contributed by atoms with E-state index in [4.69, 9.17) is 4.74 Å². The Hall–Kier alpha value is -1.80. The molecule has 0 amide bonds. The van der Waals surface area contributed by atoms with E-state index < -0.39 is 0 Å². The standard InChI is InChI=1S/C18H23NO/c1-3-17(13-15-7-5-4-6-8-15)19-14-16-9-11-18(20-2)12-10-16/h4-12,17,19H,3,13-14H2,1-2H3. The van der Waals surface area contributed by atoms with Crippen LogP contribution in [0.2, 0.25) is 0 Å². The lowest BCUT2D eigenvalue weighted by molar-refractivity contribution is 0.414. The fourth-order valence-electron chi connectivity index (χ4n) is 2.27. The molecule has 0 radical (unpaired) electrons. The van der Waals surface area contributed by atoms with Gasteiger partial charge in [-0.25, -0.2) is 0 Å². The molecule has 1 atom stereocenters. The van der Waals surface area contributed by atoms with Crippen molar-refractivity contribution in [3.05, 3.63) is 65.7 Å². The van der Waals surface area contributed by atoms with E-state index in [1.807, 2.05) is 12.1 Å². The van der Waals surface area contributed by atoms with Crippen LogP contribution in [-0.2, 0) is 13.0 Å². The molecule has 2 nitrogen and oxygen atoms in total. The molecule has 0 fully saturated rings. The Bertz CT molecular complexity index is 493. The normalized spacial score (nSPS) is 12.1. The summed E-state index contributed by atoms with van der Waals surface area (Å²) in [5, 5.41) is 3.63. The van der Waals surface area contributed by atoms with Gasteiger partial charge >= 0.3 is 0 Å². The van der Waals surface area contributed by atoms with Crippen LogP contribution in [0, 0.1) is 0 Å². The highest BCUT2D eigenvalue weighted by Gasteiger charge is 2.06. The van der Waals surface area contributed by atoms with Gasteiger partial charge in [0, 0.05) is 12.6 Å². The average molecular weight is 269 g/mol. The number of ether oxygens (including phenoxy) is 1. The van der Waals surface area contributed by atoms with Crippen molar-refractivity contribution in [2.24, 2.45) is 0 Å². The van der Waals surface area contributed by atoms with Crippen molar-refractivity contribution < 1.29 is 4.74 Å². The van der Waals surface area contributed by atoms with E-state index in [9.17, 15) is 0 Å². The SMILES string of the molecule is CCC(Cc1ccccc1)NCc1ccc(OC)cc1. The second kappa shape index (κ2) is 7.71. The second-order valence-electron chi connectivity index (χ2n) is 5.02. The molecular weight excluding hydrogens is 246 g/mol. The third-order valence-corrected chi connectivity index (χ3v) is 3.57. The molecule has 1 unspecified atom stereocenters. The molecule has 2 aromatic carbocycles. The van der Waals surface area contributed by atoms with Gasteiger partial charge < -0.3 is 10.1 Å². The molecule has 2 rings (SSSR count). The Kier molecular flexibility index (Phi) is 5.63. The quantitative estimate of drug-likeness (QED) is 0.825. The van der Waals surface area contributed by atoms with Crippen LogP contribution < -0.4 is 10.1 Å². The third kappa shape index (κ3) is 4.39. The minimum Gasteiger partial charge on any atom is -0.497 e. The van der Waals surface area contributed by atoms with Gasteiger partial charge in [0.1, 0.15) is 5.75 Å². The van der Waals surface area contributed by atoms with Gasteiger partial charge in [-0.2, -0.15) is 0 Å². The van der Waals surface area contributed by atoms with Gasteiger partial charge in [0.2, 0.25) is 0 Å². The zero-order valence-electron chi connectivity index (χ0n) is 12.3. The Labute approximate surface area is 121 Å². The van der Waals surface area contributed by atoms with E-state index in [1.54, 1.807) is 7.11 Å². The first-order valence-corrected chi connectivity index (χ1v) is 7.22. The van der Waals surface area contributed by atoms with Crippen LogP contribution >= 0.6 is 0 Å². The van der Waals surface area contributed by atoms with Crippen LogP contribution in [0.25, 0.3) is 0 Å². The first-order valence-electron chi connectivity index (χ1n) is 7.22. The highest BCUT2D eigenvalue weighted by molar-refractivity contribution is 5.27. The van der Waals surface area contributed by atoms with Crippen molar-refractivity contribution in [1.82, 2.24) is 5.32 Å². The first kappa shape index (κ1) is 14.6. The first-order chi connectivity index (χ1) is 9.81. The van der Waals surface area contributed by atoms with Crippen molar-refractivity contribution in [2.75, 3.05) is 7.11 Å². The maximum Gasteiger partial charge on any atom is 0.118 e. The van der Waals surface area contributed by atoms with E-state index >= 15 is 0 Å². The largest absolute Gasteiger partial charge is 0.497 e. The fraction of sp³-hybridized carbons (Fsp3) is 0.333. The van der Waals surface area contributed by atoms with Gasteiger partial charge in [-0.1, -0.05) is 49.4 Å². The summed E-state index contributed by atoms with van der Waals surface area (Å²) in [6.45, 7) is 3.13. The van der Waals surface area contributed by atoms with Gasteiger partial charge in [0.25, 0.3) is 0 Å². The molecule has 0 bridgehead atoms. The predicted molar refractivity (Wildman–Crippen MR) is 84.1 cm³/mol. The van der Waals surface area contributed by atoms with Gasteiger partial charge in [0.05, 0.1) is 7.11 Å². The number of methoxy groups -OCH3 is 1. The monoisotopic (exact) mass is 269 g/mol. The predicted octanol–water partition coefficient (Wildman–Crippen LogP) is 3.81. The zero-order chi connectivity index (χ0) is 14.2. The van der Waals surface area contributed by atoms with E-state index in [0.29, 0.717) is 6.04 Å². The van der Waals surface area contributed by atoms with Crippen LogP contribution in [0.15, 0.2) is 54.6 Å². The summed E-state index contributed by atoms with van der Waals surface area (Å²) in [6, 6.07) is 19.4. The summed E-state index contributed by atoms with van der Waals surface area (Å²) in [7, 11) is 1.69. The lowest BCUT2D eigenvalue weighted by Crippen LogP contribution is -2.30. The molecule has 0 saturated carbocycles. The van der Waals surface area contributed by atoms with Crippen molar-refractivity contribution in [2.45, 2.75) is 32.4 Å². The van der Waals surface area contributed by atoms with Crippen LogP contribution in [0.3, 0.4) is 0 Å². The molecule has 0 aliphatic carbocycles. The third-order valence-electron chi connectivity index (χ3n) is 3.57.